The van der Waals surface area contributed by atoms with Crippen LogP contribution in [0.5, 0.6) is 0 Å². The summed E-state index contributed by atoms with van der Waals surface area (Å²) in [4.78, 5) is 14.1. The Balaban J connectivity index is 1.53. The predicted octanol–water partition coefficient (Wildman–Crippen LogP) is 2.66. The molecule has 0 aliphatic heterocycles. The van der Waals surface area contributed by atoms with Gasteiger partial charge in [-0.25, -0.2) is 0 Å². The number of carbonyl (C=O) groups is 1. The van der Waals surface area contributed by atoms with Gasteiger partial charge in [0.05, 0.1) is 17.7 Å². The average molecular weight is 288 g/mol. The first-order chi connectivity index (χ1) is 9.83. The van der Waals surface area contributed by atoms with E-state index in [-0.39, 0.29) is 5.78 Å². The van der Waals surface area contributed by atoms with Crippen molar-refractivity contribution in [2.75, 3.05) is 0 Å². The highest BCUT2D eigenvalue weighted by molar-refractivity contribution is 7.12. The molecular formula is C13H12N4O2S. The molecule has 0 spiro atoms. The molecule has 0 N–H and O–H groups in total. The van der Waals surface area contributed by atoms with Crippen LogP contribution in [-0.2, 0) is 6.54 Å². The molecule has 3 rings (SSSR count). The summed E-state index contributed by atoms with van der Waals surface area (Å²) in [6.45, 7) is 0.560. The van der Waals surface area contributed by atoms with Crippen molar-refractivity contribution in [3.05, 3.63) is 40.8 Å². The zero-order valence-corrected chi connectivity index (χ0v) is 11.4. The van der Waals surface area contributed by atoms with Crippen LogP contribution in [0.1, 0.15) is 22.5 Å². The molecule has 0 amide bonds. The number of ketones is 1. The van der Waals surface area contributed by atoms with Crippen LogP contribution in [0.2, 0.25) is 0 Å². The first-order valence-corrected chi connectivity index (χ1v) is 7.09. The smallest absolute Gasteiger partial charge is 0.240 e. The largest absolute Gasteiger partial charge is 0.461 e. The van der Waals surface area contributed by atoms with Crippen LogP contribution < -0.4 is 0 Å². The van der Waals surface area contributed by atoms with Crippen LogP contribution in [0.3, 0.4) is 0 Å². The first kappa shape index (κ1) is 12.7. The Morgan fingerprint density at radius 1 is 1.35 bits per heavy atom. The van der Waals surface area contributed by atoms with Crippen molar-refractivity contribution in [1.82, 2.24) is 20.2 Å². The maximum absolute atomic E-state index is 11.8. The normalized spacial score (nSPS) is 10.8. The minimum Gasteiger partial charge on any atom is -0.461 e. The third-order valence-electron chi connectivity index (χ3n) is 2.75. The van der Waals surface area contributed by atoms with Gasteiger partial charge in [-0.05, 0) is 35.2 Å². The fourth-order valence-corrected chi connectivity index (χ4v) is 2.48. The standard InChI is InChI=1S/C13H12N4O2S/c18-10(12-6-3-9-20-12)4-1-7-17-15-13(14-16-17)11-5-2-8-19-11/h2-3,5-6,8-9H,1,4,7H2. The van der Waals surface area contributed by atoms with Crippen LogP contribution in [-0.4, -0.2) is 26.0 Å². The third-order valence-corrected chi connectivity index (χ3v) is 3.66. The highest BCUT2D eigenvalue weighted by Crippen LogP contribution is 2.14. The molecule has 6 nitrogen and oxygen atoms in total. The van der Waals surface area contributed by atoms with E-state index in [0.29, 0.717) is 31.0 Å². The summed E-state index contributed by atoms with van der Waals surface area (Å²) in [7, 11) is 0. The number of thiophene rings is 1. The number of aryl methyl sites for hydroxylation is 1. The maximum atomic E-state index is 11.8. The van der Waals surface area contributed by atoms with Gasteiger partial charge in [-0.1, -0.05) is 6.07 Å². The molecule has 0 aliphatic rings. The van der Waals surface area contributed by atoms with E-state index in [1.807, 2.05) is 17.5 Å². The van der Waals surface area contributed by atoms with Crippen molar-refractivity contribution in [2.45, 2.75) is 19.4 Å². The summed E-state index contributed by atoms with van der Waals surface area (Å²) in [6, 6.07) is 7.28. The summed E-state index contributed by atoms with van der Waals surface area (Å²) in [5, 5.41) is 14.0. The van der Waals surface area contributed by atoms with Crippen molar-refractivity contribution < 1.29 is 9.21 Å². The zero-order chi connectivity index (χ0) is 13.8. The summed E-state index contributed by atoms with van der Waals surface area (Å²) in [5.41, 5.74) is 0. The summed E-state index contributed by atoms with van der Waals surface area (Å²) in [6.07, 6.45) is 2.73. The SMILES string of the molecule is O=C(CCCn1nnc(-c2ccco2)n1)c1cccs1. The molecule has 0 radical (unpaired) electrons. The van der Waals surface area contributed by atoms with Gasteiger partial charge in [0.2, 0.25) is 5.82 Å². The lowest BCUT2D eigenvalue weighted by Gasteiger charge is -1.98. The molecule has 3 aromatic heterocycles. The minimum absolute atomic E-state index is 0.159. The van der Waals surface area contributed by atoms with Gasteiger partial charge in [-0.3, -0.25) is 4.79 Å². The molecule has 20 heavy (non-hydrogen) atoms. The molecule has 0 bridgehead atoms. The lowest BCUT2D eigenvalue weighted by atomic mass is 10.2. The molecule has 0 fully saturated rings. The number of carbonyl (C=O) groups excluding carboxylic acids is 1. The van der Waals surface area contributed by atoms with Crippen molar-refractivity contribution in [1.29, 1.82) is 0 Å². The quantitative estimate of drug-likeness (QED) is 0.652. The Labute approximate surface area is 119 Å². The fourth-order valence-electron chi connectivity index (χ4n) is 1.78. The van der Waals surface area contributed by atoms with Crippen LogP contribution >= 0.6 is 11.3 Å². The number of nitrogens with zero attached hydrogens (tertiary/aromatic N) is 4. The number of Topliss-reactive ketones (excluding diaryl/α,β-unsaturated/α-hetero) is 1. The van der Waals surface area contributed by atoms with Gasteiger partial charge in [0.15, 0.2) is 11.5 Å². The lowest BCUT2D eigenvalue weighted by molar-refractivity contribution is 0.0981. The van der Waals surface area contributed by atoms with E-state index in [1.54, 1.807) is 18.4 Å². The molecule has 0 saturated heterocycles. The van der Waals surface area contributed by atoms with E-state index in [1.165, 1.54) is 16.1 Å². The van der Waals surface area contributed by atoms with Gasteiger partial charge in [-0.15, -0.1) is 21.5 Å². The monoisotopic (exact) mass is 288 g/mol. The molecule has 0 saturated carbocycles. The Kier molecular flexibility index (Phi) is 3.69. The average Bonchev–Trinajstić information content (AvgIpc) is 3.20. The summed E-state index contributed by atoms with van der Waals surface area (Å²) >= 11 is 1.47. The molecule has 102 valence electrons. The molecular weight excluding hydrogens is 276 g/mol. The van der Waals surface area contributed by atoms with Gasteiger partial charge in [0.25, 0.3) is 0 Å². The molecule has 0 aromatic carbocycles. The van der Waals surface area contributed by atoms with Crippen LogP contribution in [0.15, 0.2) is 40.3 Å². The summed E-state index contributed by atoms with van der Waals surface area (Å²) < 4.78 is 5.19. The van der Waals surface area contributed by atoms with E-state index in [9.17, 15) is 4.79 Å². The molecule has 0 unspecified atom stereocenters. The van der Waals surface area contributed by atoms with Crippen LogP contribution in [0, 0.1) is 0 Å². The van der Waals surface area contributed by atoms with E-state index < -0.39 is 0 Å². The number of hydrogen-bond acceptors (Lipinski definition) is 6. The number of furan rings is 1. The van der Waals surface area contributed by atoms with Crippen LogP contribution in [0.25, 0.3) is 11.6 Å². The topological polar surface area (TPSA) is 73.8 Å². The minimum atomic E-state index is 0.159. The van der Waals surface area contributed by atoms with Crippen LogP contribution in [0.4, 0.5) is 0 Å². The van der Waals surface area contributed by atoms with E-state index in [2.05, 4.69) is 15.4 Å². The van der Waals surface area contributed by atoms with Gasteiger partial charge < -0.3 is 4.42 Å². The number of rotatable bonds is 6. The van der Waals surface area contributed by atoms with Crippen molar-refractivity contribution in [3.63, 3.8) is 0 Å². The number of hydrogen-bond donors (Lipinski definition) is 0. The maximum Gasteiger partial charge on any atom is 0.240 e. The Bertz CT molecular complexity index is 673. The Morgan fingerprint density at radius 3 is 3.05 bits per heavy atom. The van der Waals surface area contributed by atoms with Gasteiger partial charge in [0, 0.05) is 6.42 Å². The molecule has 0 atom stereocenters. The van der Waals surface area contributed by atoms with Gasteiger partial charge in [-0.2, -0.15) is 4.80 Å². The van der Waals surface area contributed by atoms with E-state index >= 15 is 0 Å². The highest BCUT2D eigenvalue weighted by atomic mass is 32.1. The highest BCUT2D eigenvalue weighted by Gasteiger charge is 2.10. The third kappa shape index (κ3) is 2.83. The van der Waals surface area contributed by atoms with Crippen molar-refractivity contribution in [3.8, 4) is 11.6 Å². The second-order valence-electron chi connectivity index (χ2n) is 4.19. The van der Waals surface area contributed by atoms with Gasteiger partial charge >= 0.3 is 0 Å². The second kappa shape index (κ2) is 5.79. The molecule has 3 aromatic rings. The van der Waals surface area contributed by atoms with E-state index in [4.69, 9.17) is 4.42 Å². The zero-order valence-electron chi connectivity index (χ0n) is 10.6. The summed E-state index contributed by atoms with van der Waals surface area (Å²) in [5.74, 6) is 1.21. The molecule has 3 heterocycles. The Morgan fingerprint density at radius 2 is 2.30 bits per heavy atom. The molecule has 7 heteroatoms. The predicted molar refractivity (Wildman–Crippen MR) is 73.4 cm³/mol. The van der Waals surface area contributed by atoms with Crippen molar-refractivity contribution in [2.24, 2.45) is 0 Å². The van der Waals surface area contributed by atoms with Gasteiger partial charge in [0.1, 0.15) is 0 Å². The number of tetrazole rings is 1. The van der Waals surface area contributed by atoms with E-state index in [0.717, 1.165) is 4.88 Å². The first-order valence-electron chi connectivity index (χ1n) is 6.21. The lowest BCUT2D eigenvalue weighted by Crippen LogP contribution is -2.05. The number of aromatic nitrogens is 4. The molecule has 0 aliphatic carbocycles. The Hall–Kier alpha value is -2.28. The fraction of sp³-hybridized carbons (Fsp3) is 0.231. The second-order valence-corrected chi connectivity index (χ2v) is 5.14. The van der Waals surface area contributed by atoms with Crippen molar-refractivity contribution >= 4 is 17.1 Å².